The van der Waals surface area contributed by atoms with E-state index in [-0.39, 0.29) is 33.9 Å². The van der Waals surface area contributed by atoms with E-state index in [9.17, 15) is 4.79 Å². The van der Waals surface area contributed by atoms with Gasteiger partial charge < -0.3 is 24.3 Å². The Labute approximate surface area is 437 Å². The van der Waals surface area contributed by atoms with Crippen LogP contribution in [0.1, 0.15) is 152 Å². The first-order valence-corrected chi connectivity index (χ1v) is 26.2. The number of likely N-dealkylation sites (N-methyl/N-ethyl adjacent to an activating group) is 3. The lowest BCUT2D eigenvalue weighted by molar-refractivity contribution is 0.00420. The van der Waals surface area contributed by atoms with Gasteiger partial charge in [0, 0.05) is 165 Å². The first-order valence-electron chi connectivity index (χ1n) is 26.2. The van der Waals surface area contributed by atoms with Crippen LogP contribution in [0.2, 0.25) is 0 Å². The standard InChI is InChI=1S/C15H24N2.C13H26N2O2.3C9H20N2.3CH4/c1-15(2,3)17-11-9-16(10-12-17)13-14-7-5-4-6-8-14;1-12(2,3)15-9-7-14(8-10-15)11(16)17-13(4,5)6;3*1-9(2,3)11-7-5-10(4)6-8-11;;;/h4-8H,9-13H2,1-3H3;7-10H2,1-6H3;3*5-8H2,1-4H3;3*1H4. The topological polar surface area (TPSA) is 58.7 Å². The quantitative estimate of drug-likeness (QED) is 0.285. The maximum Gasteiger partial charge on any atom is 0.410 e. The molecular weight excluding hydrogens is 869 g/mol. The fraction of sp³-hybridized carbons (Fsp3) is 0.879. The first kappa shape index (κ1) is 70.2. The second kappa shape index (κ2) is 31.1. The number of hydrogen-bond donors (Lipinski definition) is 0. The zero-order valence-electron chi connectivity index (χ0n) is 48.0. The molecule has 416 valence electrons. The second-order valence-electron chi connectivity index (χ2n) is 25.9. The van der Waals surface area contributed by atoms with Crippen molar-refractivity contribution in [3.8, 4) is 0 Å². The van der Waals surface area contributed by atoms with Gasteiger partial charge >= 0.3 is 6.09 Å². The predicted octanol–water partition coefficient (Wildman–Crippen LogP) is 9.95. The van der Waals surface area contributed by atoms with Crippen LogP contribution < -0.4 is 0 Å². The highest BCUT2D eigenvalue weighted by Crippen LogP contribution is 2.20. The number of rotatable bonds is 2. The first-order chi connectivity index (χ1) is 30.6. The predicted molar refractivity (Wildman–Crippen MR) is 309 cm³/mol. The largest absolute Gasteiger partial charge is 0.444 e. The Morgan fingerprint density at radius 2 is 0.629 bits per heavy atom. The molecule has 70 heavy (non-hydrogen) atoms. The fourth-order valence-electron chi connectivity index (χ4n) is 8.74. The van der Waals surface area contributed by atoms with Gasteiger partial charge in [-0.25, -0.2) is 4.79 Å². The van der Waals surface area contributed by atoms with Crippen molar-refractivity contribution in [3.63, 3.8) is 0 Å². The lowest BCUT2D eigenvalue weighted by atomic mass is 10.0. The lowest BCUT2D eigenvalue weighted by Crippen LogP contribution is -2.55. The maximum absolute atomic E-state index is 11.9. The zero-order valence-corrected chi connectivity index (χ0v) is 48.0. The Morgan fingerprint density at radius 3 is 0.871 bits per heavy atom. The molecule has 6 rings (SSSR count). The van der Waals surface area contributed by atoms with E-state index in [1.165, 1.54) is 110 Å². The Kier molecular flexibility index (Phi) is 31.2. The van der Waals surface area contributed by atoms with Crippen molar-refractivity contribution in [1.29, 1.82) is 0 Å². The summed E-state index contributed by atoms with van der Waals surface area (Å²) in [5, 5.41) is 0. The van der Waals surface area contributed by atoms with E-state index in [1.807, 2.05) is 20.8 Å². The number of amides is 1. The fourth-order valence-corrected chi connectivity index (χ4v) is 8.74. The normalized spacial score (nSPS) is 20.7. The molecule has 12 heteroatoms. The summed E-state index contributed by atoms with van der Waals surface area (Å²) >= 11 is 0. The third kappa shape index (κ3) is 28.5. The number of hydrogen-bond acceptors (Lipinski definition) is 11. The molecule has 1 amide bonds. The molecule has 12 nitrogen and oxygen atoms in total. The van der Waals surface area contributed by atoms with E-state index in [0.717, 1.165) is 32.7 Å². The number of benzene rings is 1. The van der Waals surface area contributed by atoms with Crippen molar-refractivity contribution in [1.82, 2.24) is 49.0 Å². The SMILES string of the molecule is C.C.C.CC(C)(C)N1CCN(Cc2ccccc2)CC1.CC(C)(C)OC(=O)N1CCN(C(C)(C)C)CC1.CN1CCN(C(C)(C)C)CC1.CN1CCN(C(C)(C)C)CC1.CN1CCN(C(C)(C)C)CC1. The van der Waals surface area contributed by atoms with E-state index >= 15 is 0 Å². The Morgan fingerprint density at radius 1 is 0.386 bits per heavy atom. The third-order valence-corrected chi connectivity index (χ3v) is 13.8. The molecule has 5 fully saturated rings. The Bertz CT molecular complexity index is 1390. The third-order valence-electron chi connectivity index (χ3n) is 13.8. The van der Waals surface area contributed by atoms with Gasteiger partial charge in [-0.2, -0.15) is 0 Å². The Hall–Kier alpha value is -1.87. The zero-order chi connectivity index (χ0) is 51.0. The van der Waals surface area contributed by atoms with Gasteiger partial charge in [-0.05, 0) is 151 Å². The van der Waals surface area contributed by atoms with E-state index in [4.69, 9.17) is 4.74 Å². The molecule has 0 atom stereocenters. The van der Waals surface area contributed by atoms with E-state index in [2.05, 4.69) is 199 Å². The highest BCUT2D eigenvalue weighted by Gasteiger charge is 2.31. The van der Waals surface area contributed by atoms with Crippen LogP contribution >= 0.6 is 0 Å². The number of nitrogens with zero attached hydrogens (tertiary/aromatic N) is 10. The molecule has 0 aromatic heterocycles. The van der Waals surface area contributed by atoms with Crippen LogP contribution in [0.15, 0.2) is 30.3 Å². The Balaban J connectivity index is 0. The van der Waals surface area contributed by atoms with E-state index < -0.39 is 5.60 Å². The van der Waals surface area contributed by atoms with Gasteiger partial charge in [-0.3, -0.25) is 29.4 Å². The summed E-state index contributed by atoms with van der Waals surface area (Å²) in [6.07, 6.45) is -0.189. The van der Waals surface area contributed by atoms with E-state index in [0.29, 0.717) is 22.2 Å². The van der Waals surface area contributed by atoms with Gasteiger partial charge in [0.2, 0.25) is 0 Å². The van der Waals surface area contributed by atoms with E-state index in [1.54, 1.807) is 4.90 Å². The van der Waals surface area contributed by atoms with Crippen LogP contribution in [0.25, 0.3) is 0 Å². The van der Waals surface area contributed by atoms with Gasteiger partial charge in [0.1, 0.15) is 5.60 Å². The highest BCUT2D eigenvalue weighted by atomic mass is 16.6. The average molecular weight is 992 g/mol. The second-order valence-corrected chi connectivity index (χ2v) is 25.9. The summed E-state index contributed by atoms with van der Waals surface area (Å²) in [4.78, 5) is 36.0. The summed E-state index contributed by atoms with van der Waals surface area (Å²) in [5.41, 5.74) is 2.61. The van der Waals surface area contributed by atoms with Gasteiger partial charge in [-0.15, -0.1) is 0 Å². The highest BCUT2D eigenvalue weighted by molar-refractivity contribution is 5.68. The summed E-state index contributed by atoms with van der Waals surface area (Å²) in [7, 11) is 6.58. The molecule has 0 saturated carbocycles. The summed E-state index contributed by atoms with van der Waals surface area (Å²) in [5.74, 6) is 0. The van der Waals surface area contributed by atoms with Crippen molar-refractivity contribution in [2.75, 3.05) is 152 Å². The van der Waals surface area contributed by atoms with Crippen LogP contribution in [-0.4, -0.2) is 240 Å². The molecule has 5 aliphatic heterocycles. The molecular formula is C58H122N10O2. The minimum absolute atomic E-state index is 0. The van der Waals surface area contributed by atoms with Crippen LogP contribution in [0.4, 0.5) is 4.79 Å². The van der Waals surface area contributed by atoms with Crippen LogP contribution in [0, 0.1) is 0 Å². The van der Waals surface area contributed by atoms with Gasteiger partial charge in [0.15, 0.2) is 0 Å². The molecule has 5 saturated heterocycles. The number of carbonyl (C=O) groups excluding carboxylic acids is 1. The molecule has 0 aliphatic carbocycles. The van der Waals surface area contributed by atoms with Crippen molar-refractivity contribution in [2.24, 2.45) is 0 Å². The summed E-state index contributed by atoms with van der Waals surface area (Å²) in [6, 6.07) is 10.8. The van der Waals surface area contributed by atoms with Gasteiger partial charge in [0.05, 0.1) is 0 Å². The molecule has 5 aliphatic rings. The molecule has 0 bridgehead atoms. The smallest absolute Gasteiger partial charge is 0.410 e. The molecule has 0 N–H and O–H groups in total. The molecule has 5 heterocycles. The maximum atomic E-state index is 11.9. The minimum Gasteiger partial charge on any atom is -0.444 e. The van der Waals surface area contributed by atoms with Crippen LogP contribution in [-0.2, 0) is 11.3 Å². The van der Waals surface area contributed by atoms with Crippen molar-refractivity contribution in [3.05, 3.63) is 35.9 Å². The summed E-state index contributed by atoms with van der Waals surface area (Å²) in [6.45, 7) is 63.7. The molecule has 0 unspecified atom stereocenters. The lowest BCUT2D eigenvalue weighted by Gasteiger charge is -2.42. The number of carbonyl (C=O) groups is 1. The van der Waals surface area contributed by atoms with Crippen molar-refractivity contribution in [2.45, 2.75) is 187 Å². The molecule has 1 aromatic rings. The van der Waals surface area contributed by atoms with Gasteiger partial charge in [-0.1, -0.05) is 52.6 Å². The average Bonchev–Trinajstić information content (AvgIpc) is 3.21. The van der Waals surface area contributed by atoms with Crippen LogP contribution in [0.3, 0.4) is 0 Å². The van der Waals surface area contributed by atoms with Crippen molar-refractivity contribution >= 4 is 6.09 Å². The van der Waals surface area contributed by atoms with Crippen LogP contribution in [0.5, 0.6) is 0 Å². The number of piperazine rings is 5. The minimum atomic E-state index is -0.405. The molecule has 1 aromatic carbocycles. The summed E-state index contributed by atoms with van der Waals surface area (Å²) < 4.78 is 5.37. The van der Waals surface area contributed by atoms with Crippen molar-refractivity contribution < 1.29 is 9.53 Å². The molecule has 0 radical (unpaired) electrons. The van der Waals surface area contributed by atoms with Gasteiger partial charge in [0.25, 0.3) is 0 Å². The number of ether oxygens (including phenoxy) is 1. The molecule has 0 spiro atoms. The monoisotopic (exact) mass is 991 g/mol.